The number of anilines is 1. The van der Waals surface area contributed by atoms with Gasteiger partial charge in [-0.25, -0.2) is 0 Å². The maximum absolute atomic E-state index is 12.1. The molecule has 2 aromatic rings. The molecule has 3 nitrogen and oxygen atoms in total. The average Bonchev–Trinajstić information content (AvgIpc) is 2.59. The third-order valence-corrected chi connectivity index (χ3v) is 3.79. The summed E-state index contributed by atoms with van der Waals surface area (Å²) in [5.74, 6) is 1.31. The minimum Gasteiger partial charge on any atom is -0.490 e. The van der Waals surface area contributed by atoms with Crippen molar-refractivity contribution in [2.24, 2.45) is 0 Å². The smallest absolute Gasteiger partial charge is 0.224 e. The molecule has 1 N–H and O–H groups in total. The van der Waals surface area contributed by atoms with E-state index in [-0.39, 0.29) is 5.91 Å². The highest BCUT2D eigenvalue weighted by molar-refractivity contribution is 5.90. The zero-order valence-electron chi connectivity index (χ0n) is 14.4. The molecule has 0 saturated carbocycles. The van der Waals surface area contributed by atoms with Crippen molar-refractivity contribution in [1.29, 1.82) is 0 Å². The van der Waals surface area contributed by atoms with Crippen LogP contribution in [0, 0.1) is 0 Å². The Kier molecular flexibility index (Phi) is 6.62. The Balaban J connectivity index is 1.81. The normalized spacial score (nSPS) is 10.5. The van der Waals surface area contributed by atoms with Crippen LogP contribution in [-0.2, 0) is 11.2 Å². The fourth-order valence-corrected chi connectivity index (χ4v) is 2.34. The van der Waals surface area contributed by atoms with E-state index < -0.39 is 0 Å². The minimum absolute atomic E-state index is 0.0164. The van der Waals surface area contributed by atoms with E-state index in [9.17, 15) is 4.79 Å². The Morgan fingerprint density at radius 3 is 2.38 bits per heavy atom. The molecule has 0 bridgehead atoms. The fourth-order valence-electron chi connectivity index (χ4n) is 2.34. The second kappa shape index (κ2) is 8.92. The molecule has 0 fully saturated rings. The first-order valence-corrected chi connectivity index (χ1v) is 8.31. The van der Waals surface area contributed by atoms with Crippen LogP contribution in [0.1, 0.15) is 37.3 Å². The Bertz CT molecular complexity index is 657. The number of amides is 1. The van der Waals surface area contributed by atoms with Crippen LogP contribution in [0.5, 0.6) is 5.75 Å². The van der Waals surface area contributed by atoms with E-state index in [1.807, 2.05) is 24.3 Å². The van der Waals surface area contributed by atoms with Crippen molar-refractivity contribution >= 4 is 11.6 Å². The van der Waals surface area contributed by atoms with Crippen molar-refractivity contribution in [3.05, 3.63) is 72.3 Å². The van der Waals surface area contributed by atoms with Gasteiger partial charge in [-0.3, -0.25) is 4.79 Å². The molecular weight excluding hydrogens is 298 g/mol. The number of carbonyl (C=O) groups excluding carboxylic acids is 1. The zero-order valence-corrected chi connectivity index (χ0v) is 14.4. The van der Waals surface area contributed by atoms with E-state index in [0.29, 0.717) is 18.9 Å². The SMILES string of the molecule is C=CCOc1ccc(NC(=O)CCc2ccc(C(C)C)cc2)cc1. The van der Waals surface area contributed by atoms with Crippen LogP contribution in [0.15, 0.2) is 61.2 Å². The highest BCUT2D eigenvalue weighted by Gasteiger charge is 2.05. The van der Waals surface area contributed by atoms with E-state index in [4.69, 9.17) is 4.74 Å². The molecule has 0 atom stereocenters. The molecule has 0 heterocycles. The fraction of sp³-hybridized carbons (Fsp3) is 0.286. The van der Waals surface area contributed by atoms with Crippen molar-refractivity contribution in [2.45, 2.75) is 32.6 Å². The highest BCUT2D eigenvalue weighted by Crippen LogP contribution is 2.17. The molecule has 2 aromatic carbocycles. The van der Waals surface area contributed by atoms with Crippen molar-refractivity contribution in [2.75, 3.05) is 11.9 Å². The average molecular weight is 323 g/mol. The van der Waals surface area contributed by atoms with Crippen LogP contribution in [0.3, 0.4) is 0 Å². The van der Waals surface area contributed by atoms with Crippen LogP contribution in [0.4, 0.5) is 5.69 Å². The molecule has 0 aliphatic heterocycles. The number of aryl methyl sites for hydroxylation is 1. The van der Waals surface area contributed by atoms with Gasteiger partial charge in [-0.15, -0.1) is 0 Å². The topological polar surface area (TPSA) is 38.3 Å². The quantitative estimate of drug-likeness (QED) is 0.698. The number of hydrogen-bond acceptors (Lipinski definition) is 2. The zero-order chi connectivity index (χ0) is 17.4. The van der Waals surface area contributed by atoms with Crippen LogP contribution < -0.4 is 10.1 Å². The summed E-state index contributed by atoms with van der Waals surface area (Å²) in [5.41, 5.74) is 3.28. The predicted molar refractivity (Wildman–Crippen MR) is 99.6 cm³/mol. The summed E-state index contributed by atoms with van der Waals surface area (Å²) < 4.78 is 5.42. The number of nitrogens with one attached hydrogen (secondary N) is 1. The van der Waals surface area contributed by atoms with Gasteiger partial charge >= 0.3 is 0 Å². The van der Waals surface area contributed by atoms with E-state index in [2.05, 4.69) is 50.0 Å². The number of carbonyl (C=O) groups is 1. The van der Waals surface area contributed by atoms with Crippen molar-refractivity contribution < 1.29 is 9.53 Å². The van der Waals surface area contributed by atoms with Gasteiger partial charge in [-0.1, -0.05) is 50.8 Å². The van der Waals surface area contributed by atoms with Crippen LogP contribution in [0.2, 0.25) is 0 Å². The van der Waals surface area contributed by atoms with Crippen LogP contribution in [-0.4, -0.2) is 12.5 Å². The van der Waals surface area contributed by atoms with Gasteiger partial charge in [0, 0.05) is 12.1 Å². The van der Waals surface area contributed by atoms with Crippen molar-refractivity contribution in [1.82, 2.24) is 0 Å². The summed E-state index contributed by atoms with van der Waals surface area (Å²) in [6.45, 7) is 8.44. The minimum atomic E-state index is 0.0164. The molecule has 0 aliphatic carbocycles. The Labute approximate surface area is 144 Å². The number of hydrogen-bond donors (Lipinski definition) is 1. The first-order valence-electron chi connectivity index (χ1n) is 8.31. The van der Waals surface area contributed by atoms with Crippen LogP contribution in [0.25, 0.3) is 0 Å². The largest absolute Gasteiger partial charge is 0.490 e. The molecule has 1 amide bonds. The lowest BCUT2D eigenvalue weighted by Crippen LogP contribution is -2.12. The third kappa shape index (κ3) is 5.58. The first-order chi connectivity index (χ1) is 11.6. The molecule has 0 aliphatic rings. The third-order valence-electron chi connectivity index (χ3n) is 3.79. The maximum atomic E-state index is 12.1. The van der Waals surface area contributed by atoms with E-state index in [1.165, 1.54) is 11.1 Å². The lowest BCUT2D eigenvalue weighted by Gasteiger charge is -2.08. The maximum Gasteiger partial charge on any atom is 0.224 e. The van der Waals surface area contributed by atoms with Gasteiger partial charge in [0.1, 0.15) is 12.4 Å². The second-order valence-electron chi connectivity index (χ2n) is 6.07. The standard InChI is InChI=1S/C21H25NO2/c1-4-15-24-20-12-10-19(11-13-20)22-21(23)14-7-17-5-8-18(9-6-17)16(2)3/h4-6,8-13,16H,1,7,14-15H2,2-3H3,(H,22,23). The van der Waals surface area contributed by atoms with Crippen molar-refractivity contribution in [3.8, 4) is 5.75 Å². The first kappa shape index (κ1) is 17.8. The van der Waals surface area contributed by atoms with Gasteiger partial charge < -0.3 is 10.1 Å². The lowest BCUT2D eigenvalue weighted by atomic mass is 10.0. The summed E-state index contributed by atoms with van der Waals surface area (Å²) in [6, 6.07) is 15.8. The number of rotatable bonds is 8. The summed E-state index contributed by atoms with van der Waals surface area (Å²) in [7, 11) is 0. The number of benzene rings is 2. The summed E-state index contributed by atoms with van der Waals surface area (Å²) in [6.07, 6.45) is 2.91. The summed E-state index contributed by atoms with van der Waals surface area (Å²) in [5, 5.41) is 2.91. The molecule has 24 heavy (non-hydrogen) atoms. The molecule has 0 aromatic heterocycles. The van der Waals surface area contributed by atoms with Gasteiger partial charge in [0.2, 0.25) is 5.91 Å². The molecule has 0 saturated heterocycles. The predicted octanol–water partition coefficient (Wildman–Crippen LogP) is 4.95. The van der Waals surface area contributed by atoms with Gasteiger partial charge in [-0.2, -0.15) is 0 Å². The van der Waals surface area contributed by atoms with E-state index in [0.717, 1.165) is 17.9 Å². The van der Waals surface area contributed by atoms with E-state index in [1.54, 1.807) is 6.08 Å². The molecule has 3 heteroatoms. The Hall–Kier alpha value is -2.55. The molecule has 0 radical (unpaired) electrons. The van der Waals surface area contributed by atoms with Crippen molar-refractivity contribution in [3.63, 3.8) is 0 Å². The molecule has 2 rings (SSSR count). The number of ether oxygens (including phenoxy) is 1. The molecule has 0 spiro atoms. The molecule has 126 valence electrons. The van der Waals surface area contributed by atoms with Gasteiger partial charge in [0.25, 0.3) is 0 Å². The highest BCUT2D eigenvalue weighted by atomic mass is 16.5. The van der Waals surface area contributed by atoms with Gasteiger partial charge in [0.05, 0.1) is 0 Å². The van der Waals surface area contributed by atoms with E-state index >= 15 is 0 Å². The van der Waals surface area contributed by atoms with Crippen LogP contribution >= 0.6 is 0 Å². The Morgan fingerprint density at radius 2 is 1.79 bits per heavy atom. The summed E-state index contributed by atoms with van der Waals surface area (Å²) in [4.78, 5) is 12.1. The molecular formula is C21H25NO2. The summed E-state index contributed by atoms with van der Waals surface area (Å²) >= 11 is 0. The molecule has 0 unspecified atom stereocenters. The monoisotopic (exact) mass is 323 g/mol. The van der Waals surface area contributed by atoms with Gasteiger partial charge in [-0.05, 0) is 47.7 Å². The second-order valence-corrected chi connectivity index (χ2v) is 6.07. The Morgan fingerprint density at radius 1 is 1.12 bits per heavy atom. The lowest BCUT2D eigenvalue weighted by molar-refractivity contribution is -0.116. The van der Waals surface area contributed by atoms with Gasteiger partial charge in [0.15, 0.2) is 0 Å².